The van der Waals surface area contributed by atoms with E-state index in [1.807, 2.05) is 33.9 Å². The van der Waals surface area contributed by atoms with Gasteiger partial charge in [-0.1, -0.05) is 19.3 Å². The van der Waals surface area contributed by atoms with Crippen molar-refractivity contribution in [3.8, 4) is 5.69 Å². The van der Waals surface area contributed by atoms with Crippen LogP contribution < -0.4 is 10.2 Å². The van der Waals surface area contributed by atoms with Crippen molar-refractivity contribution >= 4 is 22.6 Å². The van der Waals surface area contributed by atoms with E-state index < -0.39 is 28.3 Å². The highest BCUT2D eigenvalue weighted by molar-refractivity contribution is 7.89. The summed E-state index contributed by atoms with van der Waals surface area (Å²) in [4.78, 5) is 0.273. The number of aromatic nitrogens is 2. The molecule has 2 heterocycles. The van der Waals surface area contributed by atoms with Crippen molar-refractivity contribution in [2.45, 2.75) is 81.9 Å². The highest BCUT2D eigenvalue weighted by Crippen LogP contribution is 2.36. The predicted octanol–water partition coefficient (Wildman–Crippen LogP) is 2.78. The van der Waals surface area contributed by atoms with Gasteiger partial charge in [-0.05, 0) is 64.8 Å². The fourth-order valence-electron chi connectivity index (χ4n) is 3.86. The van der Waals surface area contributed by atoms with E-state index in [1.165, 1.54) is 6.42 Å². The molecule has 2 aromatic rings. The van der Waals surface area contributed by atoms with Crippen molar-refractivity contribution in [1.29, 1.82) is 0 Å². The number of rotatable bonds is 5. The molecule has 2 aliphatic rings. The highest BCUT2D eigenvalue weighted by Gasteiger charge is 2.52. The lowest BCUT2D eigenvalue weighted by atomic mass is 9.82. The van der Waals surface area contributed by atoms with E-state index in [0.717, 1.165) is 36.8 Å². The Balaban J connectivity index is 1.47. The van der Waals surface area contributed by atoms with Crippen molar-refractivity contribution in [1.82, 2.24) is 14.5 Å². The topological polar surface area (TPSA) is 82.5 Å². The van der Waals surface area contributed by atoms with Crippen LogP contribution in [0.5, 0.6) is 0 Å². The highest BCUT2D eigenvalue weighted by atomic mass is 32.2. The third-order valence-corrected chi connectivity index (χ3v) is 8.00. The van der Waals surface area contributed by atoms with Crippen molar-refractivity contribution in [3.63, 3.8) is 0 Å². The monoisotopic (exact) mass is 431 g/mol. The number of sulfonamides is 1. The summed E-state index contributed by atoms with van der Waals surface area (Å²) < 4.78 is 42.1. The molecular formula is C21H30BN3O4S. The molecule has 30 heavy (non-hydrogen) atoms. The zero-order valence-electron chi connectivity index (χ0n) is 18.1. The van der Waals surface area contributed by atoms with Crippen LogP contribution in [0.3, 0.4) is 0 Å². The summed E-state index contributed by atoms with van der Waals surface area (Å²) in [6.07, 6.45) is 8.74. The average molecular weight is 431 g/mol. The molecule has 7 nitrogen and oxygen atoms in total. The summed E-state index contributed by atoms with van der Waals surface area (Å²) in [5.74, 6) is 0. The number of hydrogen-bond acceptors (Lipinski definition) is 5. The molecule has 4 rings (SSSR count). The van der Waals surface area contributed by atoms with E-state index >= 15 is 0 Å². The van der Waals surface area contributed by atoms with Crippen molar-refractivity contribution in [3.05, 3.63) is 36.7 Å². The van der Waals surface area contributed by atoms with E-state index in [2.05, 4.69) is 9.82 Å². The summed E-state index contributed by atoms with van der Waals surface area (Å²) in [5.41, 5.74) is 0.765. The minimum Gasteiger partial charge on any atom is -0.399 e. The van der Waals surface area contributed by atoms with Gasteiger partial charge in [0.15, 0.2) is 0 Å². The standard InChI is InChI=1S/C21H30BN3O4S/c1-20(2)21(3,4)29-22(28-20)16-14-23-25(15-16)18-10-12-19(13-11-18)30(26,27)24-17-8-6-5-7-9-17/h10-15,17,24H,5-9H2,1-4H3. The summed E-state index contributed by atoms with van der Waals surface area (Å²) in [7, 11) is -4.00. The molecule has 9 heteroatoms. The Labute approximate surface area is 179 Å². The first-order valence-electron chi connectivity index (χ1n) is 10.6. The largest absolute Gasteiger partial charge is 0.498 e. The van der Waals surface area contributed by atoms with Gasteiger partial charge in [-0.3, -0.25) is 0 Å². The lowest BCUT2D eigenvalue weighted by Gasteiger charge is -2.32. The van der Waals surface area contributed by atoms with Crippen LogP contribution in [-0.4, -0.2) is 42.6 Å². The van der Waals surface area contributed by atoms with Crippen LogP contribution >= 0.6 is 0 Å². The van der Waals surface area contributed by atoms with Crippen LogP contribution in [0.15, 0.2) is 41.6 Å². The zero-order chi connectivity index (χ0) is 21.6. The second-order valence-electron chi connectivity index (χ2n) is 9.26. The summed E-state index contributed by atoms with van der Waals surface area (Å²) in [6, 6.07) is 6.80. The summed E-state index contributed by atoms with van der Waals surface area (Å²) in [6.45, 7) is 8.05. The molecule has 1 saturated carbocycles. The van der Waals surface area contributed by atoms with E-state index in [9.17, 15) is 8.42 Å². The SMILES string of the molecule is CC1(C)OB(c2cnn(-c3ccc(S(=O)(=O)NC4CCCCC4)cc3)c2)OC1(C)C. The van der Waals surface area contributed by atoms with Crippen LogP contribution in [0.25, 0.3) is 5.69 Å². The third-order valence-electron chi connectivity index (χ3n) is 6.47. The first-order chi connectivity index (χ1) is 14.1. The average Bonchev–Trinajstić information content (AvgIpc) is 3.25. The van der Waals surface area contributed by atoms with Crippen LogP contribution in [-0.2, 0) is 19.3 Å². The first-order valence-corrected chi connectivity index (χ1v) is 12.1. The molecule has 0 atom stereocenters. The van der Waals surface area contributed by atoms with Gasteiger partial charge in [-0.15, -0.1) is 0 Å². The normalized spacial score (nSPS) is 21.8. The molecule has 162 valence electrons. The van der Waals surface area contributed by atoms with E-state index in [1.54, 1.807) is 35.1 Å². The van der Waals surface area contributed by atoms with Gasteiger partial charge in [0, 0.05) is 23.9 Å². The Morgan fingerprint density at radius 3 is 2.23 bits per heavy atom. The number of benzene rings is 1. The third kappa shape index (κ3) is 4.21. The van der Waals surface area contributed by atoms with Gasteiger partial charge < -0.3 is 9.31 Å². The van der Waals surface area contributed by atoms with Crippen molar-refractivity contribution in [2.24, 2.45) is 0 Å². The van der Waals surface area contributed by atoms with Crippen molar-refractivity contribution in [2.75, 3.05) is 0 Å². The lowest BCUT2D eigenvalue weighted by molar-refractivity contribution is 0.00578. The molecule has 0 amide bonds. The van der Waals surface area contributed by atoms with Gasteiger partial charge in [0.1, 0.15) is 0 Å². The van der Waals surface area contributed by atoms with Gasteiger partial charge in [-0.2, -0.15) is 5.10 Å². The Kier molecular flexibility index (Phi) is 5.59. The molecule has 1 aromatic carbocycles. The number of nitrogens with one attached hydrogen (secondary N) is 1. The van der Waals surface area contributed by atoms with Crippen LogP contribution in [0, 0.1) is 0 Å². The lowest BCUT2D eigenvalue weighted by Crippen LogP contribution is -2.41. The van der Waals surface area contributed by atoms with Crippen LogP contribution in [0.4, 0.5) is 0 Å². The van der Waals surface area contributed by atoms with E-state index in [0.29, 0.717) is 0 Å². The zero-order valence-corrected chi connectivity index (χ0v) is 18.9. The maximum absolute atomic E-state index is 12.7. The van der Waals surface area contributed by atoms with Gasteiger partial charge in [0.05, 0.1) is 21.8 Å². The second kappa shape index (κ2) is 7.78. The van der Waals surface area contributed by atoms with Gasteiger partial charge in [0.25, 0.3) is 0 Å². The molecular weight excluding hydrogens is 401 g/mol. The number of nitrogens with zero attached hydrogens (tertiary/aromatic N) is 2. The molecule has 0 unspecified atom stereocenters. The fourth-order valence-corrected chi connectivity index (χ4v) is 5.17. The molecule has 0 bridgehead atoms. The molecule has 1 N–H and O–H groups in total. The quantitative estimate of drug-likeness (QED) is 0.737. The van der Waals surface area contributed by atoms with Gasteiger partial charge in [0.2, 0.25) is 10.0 Å². The maximum atomic E-state index is 12.7. The molecule has 1 aliphatic heterocycles. The Morgan fingerprint density at radius 2 is 1.63 bits per heavy atom. The molecule has 0 spiro atoms. The molecule has 1 aliphatic carbocycles. The Hall–Kier alpha value is -1.68. The minimum atomic E-state index is -3.51. The van der Waals surface area contributed by atoms with E-state index in [-0.39, 0.29) is 10.9 Å². The number of hydrogen-bond donors (Lipinski definition) is 1. The van der Waals surface area contributed by atoms with Crippen molar-refractivity contribution < 1.29 is 17.7 Å². The van der Waals surface area contributed by atoms with Gasteiger partial charge in [-0.25, -0.2) is 17.8 Å². The summed E-state index contributed by atoms with van der Waals surface area (Å²) >= 11 is 0. The molecule has 1 saturated heterocycles. The summed E-state index contributed by atoms with van der Waals surface area (Å²) in [5, 5.41) is 4.40. The predicted molar refractivity (Wildman–Crippen MR) is 116 cm³/mol. The fraction of sp³-hybridized carbons (Fsp3) is 0.571. The maximum Gasteiger partial charge on any atom is 0.498 e. The van der Waals surface area contributed by atoms with Crippen LogP contribution in [0.1, 0.15) is 59.8 Å². The second-order valence-corrected chi connectivity index (χ2v) is 11.0. The Morgan fingerprint density at radius 1 is 1.03 bits per heavy atom. The Bertz CT molecular complexity index is 980. The molecule has 1 aromatic heterocycles. The minimum absolute atomic E-state index is 0.0389. The first kappa shape index (κ1) is 21.6. The smallest absolute Gasteiger partial charge is 0.399 e. The molecule has 2 fully saturated rings. The molecule has 0 radical (unpaired) electrons. The van der Waals surface area contributed by atoms with Gasteiger partial charge >= 0.3 is 7.12 Å². The van der Waals surface area contributed by atoms with E-state index in [4.69, 9.17) is 9.31 Å². The van der Waals surface area contributed by atoms with Crippen LogP contribution in [0.2, 0.25) is 0 Å².